The van der Waals surface area contributed by atoms with Crippen molar-refractivity contribution < 1.29 is 0 Å². The number of aromatic nitrogens is 1. The van der Waals surface area contributed by atoms with Gasteiger partial charge in [0.05, 0.1) is 0 Å². The second-order valence-electron chi connectivity index (χ2n) is 4.52. The van der Waals surface area contributed by atoms with Crippen molar-refractivity contribution in [3.05, 3.63) is 29.0 Å². The summed E-state index contributed by atoms with van der Waals surface area (Å²) in [5, 5.41) is 0.528. The van der Waals surface area contributed by atoms with Crippen molar-refractivity contribution in [3.8, 4) is 0 Å². The Balaban J connectivity index is 2.00. The largest absolute Gasteiger partial charge is 0.271 e. The summed E-state index contributed by atoms with van der Waals surface area (Å²) in [6.45, 7) is 0. The third kappa shape index (κ3) is 2.94. The van der Waals surface area contributed by atoms with Gasteiger partial charge in [-0.25, -0.2) is 4.98 Å². The fourth-order valence-electron chi connectivity index (χ4n) is 2.47. The van der Waals surface area contributed by atoms with Crippen molar-refractivity contribution in [3.63, 3.8) is 0 Å². The van der Waals surface area contributed by atoms with E-state index in [1.54, 1.807) is 0 Å². The van der Waals surface area contributed by atoms with Crippen LogP contribution >= 0.6 is 11.6 Å². The van der Waals surface area contributed by atoms with Gasteiger partial charge in [-0.15, -0.1) is 0 Å². The summed E-state index contributed by atoms with van der Waals surface area (Å²) < 4.78 is 0. The van der Waals surface area contributed by atoms with E-state index in [1.807, 2.05) is 18.3 Å². The monoisotopic (exact) mass is 239 g/mol. The minimum absolute atomic E-state index is 0.202. The molecule has 1 aliphatic rings. The van der Waals surface area contributed by atoms with Crippen molar-refractivity contribution in [2.24, 2.45) is 11.8 Å². The van der Waals surface area contributed by atoms with Crippen LogP contribution in [0.1, 0.15) is 43.7 Å². The lowest BCUT2D eigenvalue weighted by Gasteiger charge is -2.19. The van der Waals surface area contributed by atoms with E-state index in [2.05, 4.69) is 10.4 Å². The number of nitrogens with one attached hydrogen (secondary N) is 1. The van der Waals surface area contributed by atoms with Crippen LogP contribution in [-0.4, -0.2) is 4.98 Å². The molecule has 1 fully saturated rings. The molecule has 0 aliphatic heterocycles. The maximum atomic E-state index is 5.77. The highest BCUT2D eigenvalue weighted by atomic mass is 35.5. The third-order valence-corrected chi connectivity index (χ3v) is 3.62. The number of halogens is 1. The van der Waals surface area contributed by atoms with E-state index in [-0.39, 0.29) is 6.04 Å². The molecule has 1 aromatic heterocycles. The van der Waals surface area contributed by atoms with Crippen molar-refractivity contribution in [1.82, 2.24) is 10.4 Å². The molecule has 16 heavy (non-hydrogen) atoms. The van der Waals surface area contributed by atoms with E-state index in [1.165, 1.54) is 25.7 Å². The SMILES string of the molecule is NNC(CC1CCCC1)c1ccc(Cl)nc1. The van der Waals surface area contributed by atoms with Crippen molar-refractivity contribution >= 4 is 11.6 Å². The maximum absolute atomic E-state index is 5.77. The summed E-state index contributed by atoms with van der Waals surface area (Å²) in [6, 6.07) is 4.01. The third-order valence-electron chi connectivity index (χ3n) is 3.40. The van der Waals surface area contributed by atoms with E-state index in [9.17, 15) is 0 Å². The molecule has 2 rings (SSSR count). The van der Waals surface area contributed by atoms with Crippen LogP contribution in [0.4, 0.5) is 0 Å². The molecule has 1 heterocycles. The lowest BCUT2D eigenvalue weighted by molar-refractivity contribution is 0.399. The second-order valence-corrected chi connectivity index (χ2v) is 4.91. The van der Waals surface area contributed by atoms with E-state index >= 15 is 0 Å². The molecular weight excluding hydrogens is 222 g/mol. The topological polar surface area (TPSA) is 50.9 Å². The first-order chi connectivity index (χ1) is 7.79. The average molecular weight is 240 g/mol. The lowest BCUT2D eigenvalue weighted by Crippen LogP contribution is -2.29. The minimum Gasteiger partial charge on any atom is -0.271 e. The highest BCUT2D eigenvalue weighted by molar-refractivity contribution is 6.29. The predicted octanol–water partition coefficient (Wildman–Crippen LogP) is 2.82. The minimum atomic E-state index is 0.202. The zero-order valence-electron chi connectivity index (χ0n) is 9.32. The van der Waals surface area contributed by atoms with Crippen LogP contribution in [0.25, 0.3) is 0 Å². The van der Waals surface area contributed by atoms with Gasteiger partial charge < -0.3 is 0 Å². The molecule has 0 radical (unpaired) electrons. The molecular formula is C12H18ClN3. The van der Waals surface area contributed by atoms with Crippen LogP contribution in [0.15, 0.2) is 18.3 Å². The van der Waals surface area contributed by atoms with Crippen LogP contribution in [0, 0.1) is 5.92 Å². The number of pyridine rings is 1. The van der Waals surface area contributed by atoms with E-state index in [0.717, 1.165) is 17.9 Å². The first-order valence-electron chi connectivity index (χ1n) is 5.87. The fourth-order valence-corrected chi connectivity index (χ4v) is 2.58. The molecule has 1 unspecified atom stereocenters. The molecule has 3 nitrogen and oxygen atoms in total. The molecule has 88 valence electrons. The molecule has 1 aromatic rings. The van der Waals surface area contributed by atoms with E-state index < -0.39 is 0 Å². The Kier molecular flexibility index (Phi) is 4.16. The van der Waals surface area contributed by atoms with E-state index in [4.69, 9.17) is 17.4 Å². The fraction of sp³-hybridized carbons (Fsp3) is 0.583. The van der Waals surface area contributed by atoms with Crippen molar-refractivity contribution in [1.29, 1.82) is 0 Å². The number of hydrogen-bond acceptors (Lipinski definition) is 3. The molecule has 3 N–H and O–H groups in total. The normalized spacial score (nSPS) is 18.9. The van der Waals surface area contributed by atoms with Gasteiger partial charge in [0.1, 0.15) is 5.15 Å². The highest BCUT2D eigenvalue weighted by Gasteiger charge is 2.20. The van der Waals surface area contributed by atoms with Crippen LogP contribution in [0.5, 0.6) is 0 Å². The van der Waals surface area contributed by atoms with Gasteiger partial charge in [0, 0.05) is 12.2 Å². The number of nitrogens with two attached hydrogens (primary N) is 1. The maximum Gasteiger partial charge on any atom is 0.129 e. The van der Waals surface area contributed by atoms with Gasteiger partial charge in [-0.05, 0) is 24.0 Å². The van der Waals surface area contributed by atoms with Crippen LogP contribution in [0.3, 0.4) is 0 Å². The Labute approximate surface area is 101 Å². The summed E-state index contributed by atoms with van der Waals surface area (Å²) in [6.07, 6.45) is 8.29. The summed E-state index contributed by atoms with van der Waals surface area (Å²) in [5.41, 5.74) is 4.01. The smallest absolute Gasteiger partial charge is 0.129 e. The van der Waals surface area contributed by atoms with Gasteiger partial charge in [0.25, 0.3) is 0 Å². The Hall–Kier alpha value is -0.640. The first kappa shape index (κ1) is 11.8. The molecule has 1 atom stereocenters. The van der Waals surface area contributed by atoms with E-state index in [0.29, 0.717) is 5.15 Å². The van der Waals surface area contributed by atoms with Gasteiger partial charge in [0.15, 0.2) is 0 Å². The number of hydrazine groups is 1. The predicted molar refractivity (Wildman–Crippen MR) is 65.9 cm³/mol. The average Bonchev–Trinajstić information content (AvgIpc) is 2.80. The second kappa shape index (κ2) is 5.62. The van der Waals surface area contributed by atoms with Crippen molar-refractivity contribution in [2.45, 2.75) is 38.1 Å². The molecule has 0 aromatic carbocycles. The molecule has 1 saturated carbocycles. The summed E-state index contributed by atoms with van der Waals surface area (Å²) in [5.74, 6) is 6.41. The first-order valence-corrected chi connectivity index (χ1v) is 6.25. The van der Waals surface area contributed by atoms with Gasteiger partial charge >= 0.3 is 0 Å². The quantitative estimate of drug-likeness (QED) is 0.483. The number of nitrogens with zero attached hydrogens (tertiary/aromatic N) is 1. The molecule has 0 bridgehead atoms. The molecule has 1 aliphatic carbocycles. The zero-order chi connectivity index (χ0) is 11.4. The molecule has 0 amide bonds. The molecule has 4 heteroatoms. The van der Waals surface area contributed by atoms with Crippen LogP contribution < -0.4 is 11.3 Å². The Bertz CT molecular complexity index is 320. The van der Waals surface area contributed by atoms with Crippen LogP contribution in [0.2, 0.25) is 5.15 Å². The summed E-state index contributed by atoms with van der Waals surface area (Å²) in [7, 11) is 0. The van der Waals surface area contributed by atoms with Gasteiger partial charge in [-0.2, -0.15) is 0 Å². The standard InChI is InChI=1S/C12H18ClN3/c13-12-6-5-10(8-15-12)11(16-14)7-9-3-1-2-4-9/h5-6,8-9,11,16H,1-4,7,14H2. The molecule has 0 spiro atoms. The van der Waals surface area contributed by atoms with Gasteiger partial charge in [-0.3, -0.25) is 11.3 Å². The van der Waals surface area contributed by atoms with Gasteiger partial charge in [0.2, 0.25) is 0 Å². The van der Waals surface area contributed by atoms with Crippen LogP contribution in [-0.2, 0) is 0 Å². The summed E-state index contributed by atoms with van der Waals surface area (Å²) in [4.78, 5) is 4.09. The lowest BCUT2D eigenvalue weighted by atomic mass is 9.95. The zero-order valence-corrected chi connectivity index (χ0v) is 10.1. The molecule has 0 saturated heterocycles. The Morgan fingerprint density at radius 3 is 2.75 bits per heavy atom. The summed E-state index contributed by atoms with van der Waals surface area (Å²) >= 11 is 5.77. The van der Waals surface area contributed by atoms with Crippen molar-refractivity contribution in [2.75, 3.05) is 0 Å². The highest BCUT2D eigenvalue weighted by Crippen LogP contribution is 2.32. The Morgan fingerprint density at radius 1 is 1.44 bits per heavy atom. The number of hydrogen-bond donors (Lipinski definition) is 2. The Morgan fingerprint density at radius 2 is 2.19 bits per heavy atom. The van der Waals surface area contributed by atoms with Gasteiger partial charge in [-0.1, -0.05) is 43.4 Å². The number of rotatable bonds is 4.